The van der Waals surface area contributed by atoms with Crippen molar-refractivity contribution in [1.29, 1.82) is 0 Å². The predicted octanol–water partition coefficient (Wildman–Crippen LogP) is 3.18. The fraction of sp³-hybridized carbons (Fsp3) is 0.389. The molecule has 0 bridgehead atoms. The Bertz CT molecular complexity index is 792. The second-order valence-corrected chi connectivity index (χ2v) is 6.15. The molecule has 1 aliphatic rings. The average Bonchev–Trinajstić information content (AvgIpc) is 3.19. The Kier molecular flexibility index (Phi) is 3.89. The van der Waals surface area contributed by atoms with Gasteiger partial charge in [0.25, 0.3) is 0 Å². The van der Waals surface area contributed by atoms with Gasteiger partial charge in [-0.1, -0.05) is 18.2 Å². The zero-order valence-electron chi connectivity index (χ0n) is 13.2. The first-order valence-corrected chi connectivity index (χ1v) is 8.07. The number of hydrogen-bond donors (Lipinski definition) is 1. The largest absolute Gasteiger partial charge is 0.464 e. The van der Waals surface area contributed by atoms with E-state index in [4.69, 9.17) is 9.15 Å². The summed E-state index contributed by atoms with van der Waals surface area (Å²) in [5, 5.41) is 4.85. The molecule has 5 nitrogen and oxygen atoms in total. The summed E-state index contributed by atoms with van der Waals surface area (Å²) in [7, 11) is 2.01. The lowest BCUT2D eigenvalue weighted by molar-refractivity contribution is -0.00403. The van der Waals surface area contributed by atoms with Crippen LogP contribution in [0.5, 0.6) is 0 Å². The van der Waals surface area contributed by atoms with Crippen LogP contribution in [0.25, 0.3) is 11.0 Å². The van der Waals surface area contributed by atoms with Crippen molar-refractivity contribution < 1.29 is 9.15 Å². The van der Waals surface area contributed by atoms with Crippen LogP contribution in [0.1, 0.15) is 30.2 Å². The molecule has 1 aliphatic heterocycles. The van der Waals surface area contributed by atoms with Gasteiger partial charge in [0.2, 0.25) is 0 Å². The number of aryl methyl sites for hydroxylation is 1. The molecule has 0 radical (unpaired) electrons. The molecule has 120 valence electrons. The fourth-order valence-corrected chi connectivity index (χ4v) is 3.29. The van der Waals surface area contributed by atoms with Crippen molar-refractivity contribution in [3.05, 3.63) is 54.3 Å². The first kappa shape index (κ1) is 14.5. The van der Waals surface area contributed by atoms with E-state index in [9.17, 15) is 0 Å². The van der Waals surface area contributed by atoms with Crippen LogP contribution < -0.4 is 5.32 Å². The number of aromatic nitrogens is 2. The van der Waals surface area contributed by atoms with Crippen LogP contribution in [0.2, 0.25) is 0 Å². The van der Waals surface area contributed by atoms with Crippen molar-refractivity contribution in [1.82, 2.24) is 14.9 Å². The molecule has 23 heavy (non-hydrogen) atoms. The number of imidazole rings is 1. The Morgan fingerprint density at radius 1 is 1.35 bits per heavy atom. The van der Waals surface area contributed by atoms with Crippen molar-refractivity contribution in [3.63, 3.8) is 0 Å². The quantitative estimate of drug-likeness (QED) is 0.804. The van der Waals surface area contributed by atoms with Crippen LogP contribution in [0.15, 0.2) is 47.5 Å². The first-order valence-electron chi connectivity index (χ1n) is 8.07. The van der Waals surface area contributed by atoms with E-state index in [0.717, 1.165) is 37.3 Å². The van der Waals surface area contributed by atoms with E-state index in [-0.39, 0.29) is 6.10 Å². The Hall–Kier alpha value is -2.11. The number of benzene rings is 1. The number of fused-ring (bicyclic) bond motifs is 1. The minimum Gasteiger partial charge on any atom is -0.464 e. The van der Waals surface area contributed by atoms with Gasteiger partial charge in [-0.2, -0.15) is 0 Å². The lowest BCUT2D eigenvalue weighted by Crippen LogP contribution is -2.36. The summed E-state index contributed by atoms with van der Waals surface area (Å²) >= 11 is 0. The Morgan fingerprint density at radius 2 is 2.26 bits per heavy atom. The third-order valence-electron chi connectivity index (χ3n) is 4.61. The van der Waals surface area contributed by atoms with Gasteiger partial charge in [0.05, 0.1) is 24.5 Å². The minimum atomic E-state index is 0.120. The van der Waals surface area contributed by atoms with Gasteiger partial charge in [0.1, 0.15) is 11.7 Å². The van der Waals surface area contributed by atoms with Crippen molar-refractivity contribution in [2.24, 2.45) is 7.05 Å². The average molecular weight is 311 g/mol. The van der Waals surface area contributed by atoms with Crippen molar-refractivity contribution in [2.75, 3.05) is 6.61 Å². The molecule has 5 heteroatoms. The number of hydrogen-bond acceptors (Lipinski definition) is 4. The Labute approximate surface area is 135 Å². The molecule has 0 aliphatic carbocycles. The third kappa shape index (κ3) is 2.90. The first-order chi connectivity index (χ1) is 11.3. The molecule has 2 atom stereocenters. The smallest absolute Gasteiger partial charge is 0.134 e. The molecule has 0 spiro atoms. The summed E-state index contributed by atoms with van der Waals surface area (Å²) in [4.78, 5) is 4.19. The van der Waals surface area contributed by atoms with Crippen LogP contribution in [0.3, 0.4) is 0 Å². The summed E-state index contributed by atoms with van der Waals surface area (Å²) in [6, 6.07) is 8.61. The second-order valence-electron chi connectivity index (χ2n) is 6.15. The van der Waals surface area contributed by atoms with Gasteiger partial charge < -0.3 is 19.0 Å². The maximum atomic E-state index is 5.92. The monoisotopic (exact) mass is 311 g/mol. The molecular formula is C18H21N3O2. The highest BCUT2D eigenvalue weighted by Crippen LogP contribution is 2.28. The van der Waals surface area contributed by atoms with Crippen LogP contribution >= 0.6 is 0 Å². The molecule has 1 N–H and O–H groups in total. The van der Waals surface area contributed by atoms with E-state index in [2.05, 4.69) is 16.4 Å². The number of ether oxygens (including phenoxy) is 1. The van der Waals surface area contributed by atoms with Gasteiger partial charge in [0, 0.05) is 37.2 Å². The van der Waals surface area contributed by atoms with E-state index in [1.165, 1.54) is 10.9 Å². The van der Waals surface area contributed by atoms with Crippen molar-refractivity contribution >= 4 is 11.0 Å². The van der Waals surface area contributed by atoms with Crippen molar-refractivity contribution in [2.45, 2.75) is 31.5 Å². The number of furan rings is 1. The molecule has 0 unspecified atom stereocenters. The molecule has 1 saturated heterocycles. The zero-order chi connectivity index (χ0) is 15.6. The highest BCUT2D eigenvalue weighted by atomic mass is 16.5. The minimum absolute atomic E-state index is 0.120. The fourth-order valence-electron chi connectivity index (χ4n) is 3.29. The lowest BCUT2D eigenvalue weighted by atomic mass is 10.0. The number of nitrogens with one attached hydrogen (secondary N) is 1. The normalized spacial score (nSPS) is 21.8. The Morgan fingerprint density at radius 3 is 3.13 bits per heavy atom. The van der Waals surface area contributed by atoms with Gasteiger partial charge in [-0.3, -0.25) is 0 Å². The van der Waals surface area contributed by atoms with Gasteiger partial charge in [0.15, 0.2) is 0 Å². The summed E-state index contributed by atoms with van der Waals surface area (Å²) in [6.07, 6.45) is 7.70. The summed E-state index contributed by atoms with van der Waals surface area (Å²) in [6.45, 7) is 1.60. The van der Waals surface area contributed by atoms with E-state index in [1.807, 2.05) is 48.6 Å². The molecule has 3 aromatic rings. The molecule has 0 saturated carbocycles. The van der Waals surface area contributed by atoms with Crippen LogP contribution in [-0.4, -0.2) is 22.2 Å². The van der Waals surface area contributed by atoms with E-state index in [1.54, 1.807) is 0 Å². The number of para-hydroxylation sites is 1. The number of rotatable bonds is 4. The molecule has 1 fully saturated rings. The highest BCUT2D eigenvalue weighted by Gasteiger charge is 2.25. The van der Waals surface area contributed by atoms with Gasteiger partial charge in [-0.25, -0.2) is 4.98 Å². The maximum absolute atomic E-state index is 5.92. The SMILES string of the molecule is Cn1cncc1[C@@H]1C[C@H](NCc2coc3ccccc23)CCO1. The highest BCUT2D eigenvalue weighted by molar-refractivity contribution is 5.80. The second kappa shape index (κ2) is 6.18. The standard InChI is InChI=1S/C18H21N3O2/c1-21-12-19-10-16(21)18-8-14(6-7-22-18)20-9-13-11-23-17-5-3-2-4-15(13)17/h2-5,10-12,14,18,20H,6-9H2,1H3/t14-,18+/m1/s1. The third-order valence-corrected chi connectivity index (χ3v) is 4.61. The topological polar surface area (TPSA) is 52.2 Å². The van der Waals surface area contributed by atoms with Gasteiger partial charge in [-0.15, -0.1) is 0 Å². The van der Waals surface area contributed by atoms with Crippen molar-refractivity contribution in [3.8, 4) is 0 Å². The van der Waals surface area contributed by atoms with E-state index < -0.39 is 0 Å². The predicted molar refractivity (Wildman–Crippen MR) is 88.0 cm³/mol. The molecule has 0 amide bonds. The van der Waals surface area contributed by atoms with E-state index >= 15 is 0 Å². The van der Waals surface area contributed by atoms with Gasteiger partial charge >= 0.3 is 0 Å². The maximum Gasteiger partial charge on any atom is 0.134 e. The summed E-state index contributed by atoms with van der Waals surface area (Å²) in [5.74, 6) is 0. The van der Waals surface area contributed by atoms with Crippen LogP contribution in [0.4, 0.5) is 0 Å². The molecule has 2 aromatic heterocycles. The van der Waals surface area contributed by atoms with Crippen LogP contribution in [0, 0.1) is 0 Å². The lowest BCUT2D eigenvalue weighted by Gasteiger charge is -2.30. The van der Waals surface area contributed by atoms with Gasteiger partial charge in [-0.05, 0) is 18.9 Å². The van der Waals surface area contributed by atoms with Crippen LogP contribution in [-0.2, 0) is 18.3 Å². The summed E-state index contributed by atoms with van der Waals surface area (Å²) in [5.41, 5.74) is 3.30. The number of nitrogens with zero attached hydrogens (tertiary/aromatic N) is 2. The molecule has 4 rings (SSSR count). The Balaban J connectivity index is 1.42. The zero-order valence-corrected chi connectivity index (χ0v) is 13.2. The molecule has 3 heterocycles. The van der Waals surface area contributed by atoms with E-state index in [0.29, 0.717) is 6.04 Å². The summed E-state index contributed by atoms with van der Waals surface area (Å²) < 4.78 is 13.6. The molecular weight excluding hydrogens is 290 g/mol. The molecule has 1 aromatic carbocycles.